The van der Waals surface area contributed by atoms with Gasteiger partial charge in [0, 0.05) is 5.56 Å². The van der Waals surface area contributed by atoms with Crippen molar-refractivity contribution in [3.63, 3.8) is 0 Å². The molecule has 0 saturated carbocycles. The minimum absolute atomic E-state index is 0. The number of nitrogens with zero attached hydrogens (tertiary/aromatic N) is 1. The number of fused-ring (bicyclic) bond motifs is 1. The van der Waals surface area contributed by atoms with E-state index in [1.807, 2.05) is 54.6 Å². The summed E-state index contributed by atoms with van der Waals surface area (Å²) in [6.07, 6.45) is 0. The molecule has 3 rings (SSSR count). The van der Waals surface area contributed by atoms with Gasteiger partial charge >= 0.3 is 0 Å². The number of hydrogen-bond donors (Lipinski definition) is 1. The van der Waals surface area contributed by atoms with E-state index in [2.05, 4.69) is 10.3 Å². The number of aromatic nitrogens is 1. The molecule has 0 saturated heterocycles. The van der Waals surface area contributed by atoms with E-state index in [0.29, 0.717) is 0 Å². The smallest absolute Gasteiger partial charge is 0.184 e. The van der Waals surface area contributed by atoms with Gasteiger partial charge in [-0.1, -0.05) is 53.8 Å². The third-order valence-corrected chi connectivity index (χ3v) is 3.78. The third-order valence-electron chi connectivity index (χ3n) is 2.79. The summed E-state index contributed by atoms with van der Waals surface area (Å²) in [4.78, 5) is 16.4. The van der Waals surface area contributed by atoms with E-state index in [9.17, 15) is 4.79 Å². The number of carbonyl (C=O) groups excluding carboxylic acids is 1. The molecular formula is C15H12BrN2OS-. The summed E-state index contributed by atoms with van der Waals surface area (Å²) in [6, 6.07) is 17.2. The molecule has 1 N–H and O–H groups in total. The van der Waals surface area contributed by atoms with Gasteiger partial charge in [0.2, 0.25) is 0 Å². The number of hydrogen-bond acceptors (Lipinski definition) is 4. The second-order valence-electron chi connectivity index (χ2n) is 4.13. The second-order valence-corrected chi connectivity index (χ2v) is 5.16. The van der Waals surface area contributed by atoms with Crippen molar-refractivity contribution in [3.05, 3.63) is 60.2 Å². The molecule has 3 nitrogen and oxygen atoms in total. The summed E-state index contributed by atoms with van der Waals surface area (Å²) in [5.41, 5.74) is 1.68. The average Bonchev–Trinajstić information content (AvgIpc) is 2.88. The summed E-state index contributed by atoms with van der Waals surface area (Å²) in [5, 5.41) is 3.87. The Balaban J connectivity index is 0.00000147. The maximum atomic E-state index is 11.9. The molecule has 5 heteroatoms. The van der Waals surface area contributed by atoms with Gasteiger partial charge in [0.05, 0.1) is 16.8 Å². The van der Waals surface area contributed by atoms with E-state index in [1.165, 1.54) is 0 Å². The minimum atomic E-state index is 0. The van der Waals surface area contributed by atoms with Crippen molar-refractivity contribution in [2.45, 2.75) is 0 Å². The number of anilines is 1. The Kier molecular flexibility index (Phi) is 4.87. The topological polar surface area (TPSA) is 42.0 Å². The highest BCUT2D eigenvalue weighted by Gasteiger charge is 2.07. The molecule has 1 heterocycles. The van der Waals surface area contributed by atoms with Crippen molar-refractivity contribution in [2.75, 3.05) is 11.9 Å². The standard InChI is InChI=1S/C15H12N2OS.BrH/c18-13(11-6-2-1-3-7-11)10-16-15-17-12-8-4-5-9-14(12)19-15;/h1-9H,10H2,(H,16,17);1H/p-1. The Bertz CT molecular complexity index is 679. The van der Waals surface area contributed by atoms with Gasteiger partial charge in [-0.15, -0.1) is 0 Å². The fraction of sp³-hybridized carbons (Fsp3) is 0.0667. The first-order chi connectivity index (χ1) is 9.33. The fourth-order valence-electron chi connectivity index (χ4n) is 1.83. The van der Waals surface area contributed by atoms with Crippen LogP contribution in [0.1, 0.15) is 10.4 Å². The van der Waals surface area contributed by atoms with Crippen molar-refractivity contribution in [2.24, 2.45) is 0 Å². The van der Waals surface area contributed by atoms with Crippen LogP contribution in [0.4, 0.5) is 5.13 Å². The fourth-order valence-corrected chi connectivity index (χ4v) is 2.69. The highest BCUT2D eigenvalue weighted by atomic mass is 79.9. The van der Waals surface area contributed by atoms with Gasteiger partial charge in [-0.05, 0) is 12.1 Å². The zero-order chi connectivity index (χ0) is 13.1. The number of thiazole rings is 1. The molecule has 0 aliphatic heterocycles. The van der Waals surface area contributed by atoms with Gasteiger partial charge in [0.15, 0.2) is 10.9 Å². The van der Waals surface area contributed by atoms with Crippen LogP contribution in [0.15, 0.2) is 54.6 Å². The summed E-state index contributed by atoms with van der Waals surface area (Å²) in [7, 11) is 0. The minimum Gasteiger partial charge on any atom is -1.00 e. The number of benzene rings is 2. The third kappa shape index (κ3) is 3.23. The summed E-state index contributed by atoms with van der Waals surface area (Å²) >= 11 is 1.56. The molecule has 0 bridgehead atoms. The highest BCUT2D eigenvalue weighted by molar-refractivity contribution is 7.22. The Labute approximate surface area is 131 Å². The van der Waals surface area contributed by atoms with E-state index in [1.54, 1.807) is 11.3 Å². The molecule has 0 spiro atoms. The second kappa shape index (κ2) is 6.63. The molecule has 20 heavy (non-hydrogen) atoms. The van der Waals surface area contributed by atoms with Crippen molar-refractivity contribution in [1.82, 2.24) is 4.98 Å². The van der Waals surface area contributed by atoms with Gasteiger partial charge in [-0.25, -0.2) is 4.98 Å². The van der Waals surface area contributed by atoms with Crippen LogP contribution in [0, 0.1) is 0 Å². The normalized spacial score (nSPS) is 10.0. The lowest BCUT2D eigenvalue weighted by Crippen LogP contribution is -3.00. The molecule has 0 fully saturated rings. The van der Waals surface area contributed by atoms with Crippen molar-refractivity contribution >= 4 is 32.5 Å². The summed E-state index contributed by atoms with van der Waals surface area (Å²) in [6.45, 7) is 0.268. The first kappa shape index (κ1) is 14.7. The monoisotopic (exact) mass is 347 g/mol. The maximum Gasteiger partial charge on any atom is 0.184 e. The Morgan fingerprint density at radius 1 is 1.05 bits per heavy atom. The van der Waals surface area contributed by atoms with E-state index in [0.717, 1.165) is 20.9 Å². The van der Waals surface area contributed by atoms with Crippen LogP contribution in [-0.4, -0.2) is 17.3 Å². The lowest BCUT2D eigenvalue weighted by molar-refractivity contribution is -0.0000114. The summed E-state index contributed by atoms with van der Waals surface area (Å²) in [5.74, 6) is 0.0693. The van der Waals surface area contributed by atoms with Crippen LogP contribution < -0.4 is 22.3 Å². The van der Waals surface area contributed by atoms with Gasteiger partial charge in [-0.2, -0.15) is 0 Å². The van der Waals surface area contributed by atoms with Crippen molar-refractivity contribution in [3.8, 4) is 0 Å². The van der Waals surface area contributed by atoms with Crippen LogP contribution in [0.3, 0.4) is 0 Å². The molecule has 0 atom stereocenters. The van der Waals surface area contributed by atoms with Gasteiger partial charge in [0.25, 0.3) is 0 Å². The molecule has 3 aromatic rings. The summed E-state index contributed by atoms with van der Waals surface area (Å²) < 4.78 is 1.12. The van der Waals surface area contributed by atoms with Gasteiger partial charge in [0.1, 0.15) is 0 Å². The highest BCUT2D eigenvalue weighted by Crippen LogP contribution is 2.25. The van der Waals surface area contributed by atoms with Crippen LogP contribution in [0.5, 0.6) is 0 Å². The maximum absolute atomic E-state index is 11.9. The van der Waals surface area contributed by atoms with Crippen LogP contribution in [0.25, 0.3) is 10.2 Å². The van der Waals surface area contributed by atoms with E-state index in [4.69, 9.17) is 0 Å². The SMILES string of the molecule is O=C(CNc1nc2ccccc2s1)c1ccccc1.[Br-]. The molecule has 102 valence electrons. The molecular weight excluding hydrogens is 336 g/mol. The number of carbonyl (C=O) groups is 1. The molecule has 1 aromatic heterocycles. The number of para-hydroxylation sites is 1. The first-order valence-electron chi connectivity index (χ1n) is 6.00. The van der Waals surface area contributed by atoms with E-state index in [-0.39, 0.29) is 29.3 Å². The average molecular weight is 348 g/mol. The predicted molar refractivity (Wildman–Crippen MR) is 78.9 cm³/mol. The molecule has 0 radical (unpaired) electrons. The Morgan fingerprint density at radius 3 is 2.50 bits per heavy atom. The van der Waals surface area contributed by atoms with Crippen molar-refractivity contribution in [1.29, 1.82) is 0 Å². The molecule has 0 aliphatic rings. The lowest BCUT2D eigenvalue weighted by atomic mass is 10.1. The Morgan fingerprint density at radius 2 is 1.75 bits per heavy atom. The van der Waals surface area contributed by atoms with Crippen LogP contribution in [0.2, 0.25) is 0 Å². The number of ketones is 1. The number of nitrogens with one attached hydrogen (secondary N) is 1. The van der Waals surface area contributed by atoms with E-state index >= 15 is 0 Å². The van der Waals surface area contributed by atoms with Crippen LogP contribution >= 0.6 is 11.3 Å². The largest absolute Gasteiger partial charge is 1.00 e. The van der Waals surface area contributed by atoms with Crippen LogP contribution in [-0.2, 0) is 0 Å². The molecule has 0 aliphatic carbocycles. The lowest BCUT2D eigenvalue weighted by Gasteiger charge is -2.01. The zero-order valence-corrected chi connectivity index (χ0v) is 12.9. The van der Waals surface area contributed by atoms with Gasteiger partial charge in [-0.3, -0.25) is 4.79 Å². The van der Waals surface area contributed by atoms with Crippen molar-refractivity contribution < 1.29 is 21.8 Å². The van der Waals surface area contributed by atoms with E-state index < -0.39 is 0 Å². The molecule has 0 unspecified atom stereocenters. The molecule has 2 aromatic carbocycles. The molecule has 0 amide bonds. The number of rotatable bonds is 4. The first-order valence-corrected chi connectivity index (χ1v) is 6.82. The predicted octanol–water partition coefficient (Wildman–Crippen LogP) is 0.595. The number of Topliss-reactive ketones (excluding diaryl/α,β-unsaturated/α-hetero) is 1. The quantitative estimate of drug-likeness (QED) is 0.702. The zero-order valence-electron chi connectivity index (χ0n) is 10.5. The Hall–Kier alpha value is -1.72. The van der Waals surface area contributed by atoms with Gasteiger partial charge < -0.3 is 22.3 Å². The number of halogens is 1.